The Morgan fingerprint density at radius 3 is 2.19 bits per heavy atom. The van der Waals surface area contributed by atoms with E-state index in [1.165, 1.54) is 24.4 Å². The van der Waals surface area contributed by atoms with Gasteiger partial charge in [0.25, 0.3) is 0 Å². The van der Waals surface area contributed by atoms with Gasteiger partial charge in [-0.3, -0.25) is 4.79 Å². The summed E-state index contributed by atoms with van der Waals surface area (Å²) in [7, 11) is -1.72. The van der Waals surface area contributed by atoms with Crippen molar-refractivity contribution in [3.05, 3.63) is 30.3 Å². The van der Waals surface area contributed by atoms with Crippen LogP contribution in [0.1, 0.15) is 58.8 Å². The average Bonchev–Trinajstić information content (AvgIpc) is 2.50. The highest BCUT2D eigenvalue weighted by molar-refractivity contribution is 6.93. The summed E-state index contributed by atoms with van der Waals surface area (Å²) >= 11 is 0. The highest BCUT2D eigenvalue weighted by atomic mass is 28.3. The predicted octanol–water partition coefficient (Wildman–Crippen LogP) is 5.31. The van der Waals surface area contributed by atoms with E-state index in [0.717, 1.165) is 25.7 Å². The van der Waals surface area contributed by atoms with Crippen LogP contribution in [0.15, 0.2) is 30.3 Å². The van der Waals surface area contributed by atoms with Crippen molar-refractivity contribution in [2.45, 2.75) is 77.4 Å². The molecule has 0 aliphatic heterocycles. The lowest BCUT2D eigenvalue weighted by atomic mass is 10.1. The Hall–Kier alpha value is -0.893. The van der Waals surface area contributed by atoms with Crippen LogP contribution in [-0.2, 0) is 4.79 Å². The molecule has 0 aromatic heterocycles. The minimum absolute atomic E-state index is 0.290. The molecular formula is C19H32OSi. The number of carbonyl (C=O) groups excluding carboxylic acids is 1. The van der Waals surface area contributed by atoms with Crippen molar-refractivity contribution in [2.24, 2.45) is 0 Å². The molecule has 0 saturated carbocycles. The first kappa shape index (κ1) is 18.2. The topological polar surface area (TPSA) is 17.1 Å². The number of carbonyl (C=O) groups is 1. The zero-order valence-corrected chi connectivity index (χ0v) is 15.3. The van der Waals surface area contributed by atoms with Crippen LogP contribution in [0.5, 0.6) is 0 Å². The van der Waals surface area contributed by atoms with Crippen molar-refractivity contribution >= 4 is 19.0 Å². The lowest BCUT2D eigenvalue weighted by Gasteiger charge is -2.32. The summed E-state index contributed by atoms with van der Waals surface area (Å²) in [6, 6.07) is 10.8. The van der Waals surface area contributed by atoms with Gasteiger partial charge >= 0.3 is 0 Å². The number of unbranched alkanes of at least 4 members (excludes halogenated alkanes) is 3. The van der Waals surface area contributed by atoms with Gasteiger partial charge in [0.2, 0.25) is 0 Å². The van der Waals surface area contributed by atoms with Crippen molar-refractivity contribution < 1.29 is 4.79 Å². The van der Waals surface area contributed by atoms with E-state index in [1.54, 1.807) is 0 Å². The van der Waals surface area contributed by atoms with E-state index >= 15 is 0 Å². The maximum Gasteiger partial charge on any atom is 0.133 e. The van der Waals surface area contributed by atoms with Gasteiger partial charge in [-0.05, 0) is 12.8 Å². The lowest BCUT2D eigenvalue weighted by Crippen LogP contribution is -2.48. The predicted molar refractivity (Wildman–Crippen MR) is 96.0 cm³/mol. The maximum atomic E-state index is 12.8. The third-order valence-electron chi connectivity index (χ3n) is 4.65. The van der Waals surface area contributed by atoms with Crippen molar-refractivity contribution in [1.82, 2.24) is 0 Å². The van der Waals surface area contributed by atoms with Gasteiger partial charge in [-0.25, -0.2) is 0 Å². The molecule has 1 unspecified atom stereocenters. The van der Waals surface area contributed by atoms with E-state index in [2.05, 4.69) is 57.3 Å². The Balaban J connectivity index is 2.90. The van der Waals surface area contributed by atoms with Gasteiger partial charge in [0, 0.05) is 12.0 Å². The summed E-state index contributed by atoms with van der Waals surface area (Å²) in [6.07, 6.45) is 7.69. The number of benzene rings is 1. The number of ketones is 1. The molecule has 0 radical (unpaired) electrons. The molecule has 0 spiro atoms. The van der Waals surface area contributed by atoms with Gasteiger partial charge in [0.15, 0.2) is 0 Å². The SMILES string of the molecule is CCCCCC(C(=O)CCCC)[Si](C)(C)c1ccccc1. The zero-order chi connectivity index (χ0) is 15.7. The molecule has 2 heteroatoms. The molecule has 1 atom stereocenters. The fourth-order valence-electron chi connectivity index (χ4n) is 3.12. The van der Waals surface area contributed by atoms with Gasteiger partial charge in [-0.2, -0.15) is 0 Å². The van der Waals surface area contributed by atoms with E-state index < -0.39 is 8.07 Å². The van der Waals surface area contributed by atoms with Gasteiger partial charge in [-0.1, -0.05) is 88.1 Å². The molecule has 0 aliphatic carbocycles. The Labute approximate surface area is 132 Å². The molecule has 21 heavy (non-hydrogen) atoms. The van der Waals surface area contributed by atoms with Gasteiger partial charge in [0.1, 0.15) is 5.78 Å². The van der Waals surface area contributed by atoms with Crippen LogP contribution in [0.2, 0.25) is 18.6 Å². The molecule has 0 fully saturated rings. The van der Waals surface area contributed by atoms with Crippen molar-refractivity contribution in [1.29, 1.82) is 0 Å². The van der Waals surface area contributed by atoms with Gasteiger partial charge in [-0.15, -0.1) is 0 Å². The van der Waals surface area contributed by atoms with Crippen LogP contribution in [0.25, 0.3) is 0 Å². The minimum Gasteiger partial charge on any atom is -0.300 e. The molecule has 1 nitrogen and oxygen atoms in total. The Bertz CT molecular complexity index is 411. The third-order valence-corrected chi connectivity index (χ3v) is 8.83. The molecule has 1 rings (SSSR count). The fourth-order valence-corrected chi connectivity index (χ4v) is 6.45. The number of rotatable bonds is 10. The highest BCUT2D eigenvalue weighted by Crippen LogP contribution is 2.30. The molecule has 1 aromatic carbocycles. The smallest absolute Gasteiger partial charge is 0.133 e. The monoisotopic (exact) mass is 304 g/mol. The largest absolute Gasteiger partial charge is 0.300 e. The van der Waals surface area contributed by atoms with Crippen molar-refractivity contribution in [3.8, 4) is 0 Å². The first-order valence-electron chi connectivity index (χ1n) is 8.62. The van der Waals surface area contributed by atoms with Crippen LogP contribution in [-0.4, -0.2) is 13.9 Å². The summed E-state index contributed by atoms with van der Waals surface area (Å²) in [5.74, 6) is 0.522. The van der Waals surface area contributed by atoms with E-state index in [1.807, 2.05) is 0 Å². The van der Waals surface area contributed by atoms with E-state index in [0.29, 0.717) is 5.78 Å². The molecule has 0 amide bonds. The van der Waals surface area contributed by atoms with Gasteiger partial charge < -0.3 is 0 Å². The second kappa shape index (κ2) is 9.19. The molecule has 0 heterocycles. The highest BCUT2D eigenvalue weighted by Gasteiger charge is 2.37. The van der Waals surface area contributed by atoms with Crippen molar-refractivity contribution in [3.63, 3.8) is 0 Å². The van der Waals surface area contributed by atoms with Crippen LogP contribution >= 0.6 is 0 Å². The Kier molecular flexibility index (Phi) is 7.95. The van der Waals surface area contributed by atoms with Gasteiger partial charge in [0.05, 0.1) is 8.07 Å². The number of Topliss-reactive ketones (excluding diaryl/α,β-unsaturated/α-hetero) is 1. The Morgan fingerprint density at radius 2 is 1.62 bits per heavy atom. The zero-order valence-electron chi connectivity index (χ0n) is 14.3. The summed E-state index contributed by atoms with van der Waals surface area (Å²) in [4.78, 5) is 12.8. The summed E-state index contributed by atoms with van der Waals surface area (Å²) < 4.78 is 0. The normalized spacial score (nSPS) is 13.1. The van der Waals surface area contributed by atoms with E-state index in [9.17, 15) is 4.79 Å². The molecule has 118 valence electrons. The van der Waals surface area contributed by atoms with Crippen LogP contribution in [0.3, 0.4) is 0 Å². The Morgan fingerprint density at radius 1 is 1.00 bits per heavy atom. The molecule has 1 aromatic rings. The van der Waals surface area contributed by atoms with Crippen molar-refractivity contribution in [2.75, 3.05) is 0 Å². The quantitative estimate of drug-likeness (QED) is 0.423. The second-order valence-electron chi connectivity index (χ2n) is 6.71. The average molecular weight is 305 g/mol. The van der Waals surface area contributed by atoms with Crippen LogP contribution in [0, 0.1) is 0 Å². The lowest BCUT2D eigenvalue weighted by molar-refractivity contribution is -0.119. The minimum atomic E-state index is -1.72. The first-order valence-corrected chi connectivity index (χ1v) is 11.7. The molecule has 0 saturated heterocycles. The van der Waals surface area contributed by atoms with E-state index in [-0.39, 0.29) is 5.54 Å². The molecule has 0 aliphatic rings. The van der Waals surface area contributed by atoms with E-state index in [4.69, 9.17) is 0 Å². The second-order valence-corrected chi connectivity index (χ2v) is 11.4. The fraction of sp³-hybridized carbons (Fsp3) is 0.632. The number of hydrogen-bond donors (Lipinski definition) is 0. The summed E-state index contributed by atoms with van der Waals surface area (Å²) in [5.41, 5.74) is 0.290. The summed E-state index contributed by atoms with van der Waals surface area (Å²) in [6.45, 7) is 9.15. The third kappa shape index (κ3) is 5.42. The molecular weight excluding hydrogens is 272 g/mol. The first-order chi connectivity index (χ1) is 10.0. The standard InChI is InChI=1S/C19H32OSi/c1-5-7-10-16-19(18(20)15-8-6-2)21(3,4)17-13-11-9-12-14-17/h9,11-14,19H,5-8,10,15-16H2,1-4H3. The summed E-state index contributed by atoms with van der Waals surface area (Å²) in [5, 5.41) is 1.43. The van der Waals surface area contributed by atoms with Crippen LogP contribution < -0.4 is 5.19 Å². The maximum absolute atomic E-state index is 12.8. The molecule has 0 N–H and O–H groups in total. The van der Waals surface area contributed by atoms with Crippen LogP contribution in [0.4, 0.5) is 0 Å². The molecule has 0 bridgehead atoms. The number of hydrogen-bond acceptors (Lipinski definition) is 1.